The molecule has 3 aliphatic rings. The fraction of sp³-hybridized carbons (Fsp3) is 1.00. The molecule has 0 radical (unpaired) electrons. The van der Waals surface area contributed by atoms with Gasteiger partial charge in [0.1, 0.15) is 0 Å². The van der Waals surface area contributed by atoms with Gasteiger partial charge in [0, 0.05) is 18.0 Å². The molecule has 6 heteroatoms. The smallest absolute Gasteiger partial charge is 0.0736 e. The van der Waals surface area contributed by atoms with E-state index in [1.807, 2.05) is 0 Å². The summed E-state index contributed by atoms with van der Waals surface area (Å²) < 4.78 is 0. The van der Waals surface area contributed by atoms with E-state index in [-0.39, 0.29) is 6.61 Å². The van der Waals surface area contributed by atoms with Crippen molar-refractivity contribution in [3.05, 3.63) is 0 Å². The first-order valence-corrected chi connectivity index (χ1v) is 9.43. The maximum absolute atomic E-state index is 8.96. The molecule has 0 aromatic carbocycles. The molecule has 0 aromatic rings. The lowest BCUT2D eigenvalue weighted by molar-refractivity contribution is 0.0327. The van der Waals surface area contributed by atoms with Gasteiger partial charge in [-0.15, -0.1) is 11.6 Å². The summed E-state index contributed by atoms with van der Waals surface area (Å²) in [7, 11) is 0. The Balaban J connectivity index is 1.60. The van der Waals surface area contributed by atoms with Gasteiger partial charge in [0.25, 0.3) is 0 Å². The van der Waals surface area contributed by atoms with Crippen LogP contribution >= 0.6 is 11.6 Å². The fourth-order valence-corrected chi connectivity index (χ4v) is 4.81. The minimum Gasteiger partial charge on any atom is -0.396 e. The number of aliphatic hydroxyl groups excluding tert-OH is 1. The van der Waals surface area contributed by atoms with Crippen LogP contribution in [0.5, 0.6) is 0 Å². The molecule has 4 atom stereocenters. The van der Waals surface area contributed by atoms with Gasteiger partial charge in [-0.1, -0.05) is 0 Å². The van der Waals surface area contributed by atoms with Gasteiger partial charge in [0.15, 0.2) is 0 Å². The van der Waals surface area contributed by atoms with E-state index in [1.165, 1.54) is 19.3 Å². The number of alkyl halides is 1. The van der Waals surface area contributed by atoms with Crippen molar-refractivity contribution in [2.75, 3.05) is 26.2 Å². The van der Waals surface area contributed by atoms with Gasteiger partial charge in [0.05, 0.1) is 6.17 Å². The Bertz CT molecular complexity index is 338. The van der Waals surface area contributed by atoms with Gasteiger partial charge in [-0.3, -0.25) is 5.43 Å². The van der Waals surface area contributed by atoms with E-state index < -0.39 is 0 Å². The number of hydrazine groups is 1. The van der Waals surface area contributed by atoms with Gasteiger partial charge in [-0.2, -0.15) is 0 Å². The predicted octanol–water partition coefficient (Wildman–Crippen LogP) is 0.784. The molecule has 128 valence electrons. The summed E-state index contributed by atoms with van der Waals surface area (Å²) in [6.45, 7) is 3.35. The highest BCUT2D eigenvalue weighted by Crippen LogP contribution is 2.37. The van der Waals surface area contributed by atoms with Gasteiger partial charge in [-0.05, 0) is 75.9 Å². The highest BCUT2D eigenvalue weighted by atomic mass is 35.5. The first kappa shape index (κ1) is 16.9. The molecule has 5 nitrogen and oxygen atoms in total. The minimum atomic E-state index is 0.257. The molecule has 4 unspecified atom stereocenters. The van der Waals surface area contributed by atoms with Crippen molar-refractivity contribution < 1.29 is 5.11 Å². The summed E-state index contributed by atoms with van der Waals surface area (Å²) in [4.78, 5) is 0. The molecular formula is C16H31ClN4O. The van der Waals surface area contributed by atoms with Crippen LogP contribution < -0.4 is 21.5 Å². The van der Waals surface area contributed by atoms with E-state index >= 15 is 0 Å². The minimum absolute atomic E-state index is 0.257. The van der Waals surface area contributed by atoms with Gasteiger partial charge < -0.3 is 15.7 Å². The topological polar surface area (TPSA) is 68.3 Å². The van der Waals surface area contributed by atoms with Crippen LogP contribution in [0.15, 0.2) is 0 Å². The average molecular weight is 331 g/mol. The lowest BCUT2D eigenvalue weighted by atomic mass is 9.70. The van der Waals surface area contributed by atoms with Crippen LogP contribution in [0.25, 0.3) is 0 Å². The normalized spacial score (nSPS) is 42.8. The molecule has 1 saturated carbocycles. The van der Waals surface area contributed by atoms with Crippen LogP contribution in [0.2, 0.25) is 0 Å². The molecule has 0 spiro atoms. The van der Waals surface area contributed by atoms with Crippen LogP contribution in [0.1, 0.15) is 38.5 Å². The summed E-state index contributed by atoms with van der Waals surface area (Å²) in [5.41, 5.74) is 7.15. The lowest BCUT2D eigenvalue weighted by Crippen LogP contribution is -2.70. The Hall–Kier alpha value is 0.0900. The van der Waals surface area contributed by atoms with E-state index in [9.17, 15) is 0 Å². The van der Waals surface area contributed by atoms with Crippen LogP contribution in [0.4, 0.5) is 0 Å². The molecule has 22 heavy (non-hydrogen) atoms. The molecule has 2 heterocycles. The largest absolute Gasteiger partial charge is 0.396 e. The number of rotatable bonds is 5. The molecule has 5 N–H and O–H groups in total. The van der Waals surface area contributed by atoms with E-state index in [2.05, 4.69) is 21.5 Å². The number of nitrogens with one attached hydrogen (secondary N) is 4. The number of halogens is 1. The highest BCUT2D eigenvalue weighted by molar-refractivity contribution is 6.20. The van der Waals surface area contributed by atoms with Gasteiger partial charge >= 0.3 is 0 Å². The Labute approximate surface area is 138 Å². The number of hydrogen-bond donors (Lipinski definition) is 5. The third kappa shape index (κ3) is 3.94. The quantitative estimate of drug-likeness (QED) is 0.381. The van der Waals surface area contributed by atoms with Crippen molar-refractivity contribution in [1.82, 2.24) is 21.5 Å². The summed E-state index contributed by atoms with van der Waals surface area (Å²) in [6.07, 6.45) is 7.17. The Morgan fingerprint density at radius 2 is 1.86 bits per heavy atom. The second kappa shape index (κ2) is 8.27. The van der Waals surface area contributed by atoms with Crippen molar-refractivity contribution >= 4 is 11.6 Å². The molecule has 1 aliphatic carbocycles. The number of fused-ring (bicyclic) bond motifs is 1. The molecule has 2 saturated heterocycles. The SMILES string of the molecule is OCCCNC1NNC(C2CCC(Cl)CC2)C2CNCCC12. The zero-order valence-electron chi connectivity index (χ0n) is 13.4. The third-order valence-corrected chi connectivity index (χ3v) is 6.22. The Kier molecular flexibility index (Phi) is 6.36. The first-order chi connectivity index (χ1) is 10.8. The van der Waals surface area contributed by atoms with Crippen molar-refractivity contribution in [2.45, 2.75) is 56.1 Å². The third-order valence-electron chi connectivity index (χ3n) is 5.79. The number of aliphatic hydroxyl groups is 1. The van der Waals surface area contributed by atoms with Crippen molar-refractivity contribution in [2.24, 2.45) is 17.8 Å². The monoisotopic (exact) mass is 330 g/mol. The van der Waals surface area contributed by atoms with E-state index in [0.717, 1.165) is 44.8 Å². The Morgan fingerprint density at radius 3 is 2.64 bits per heavy atom. The maximum Gasteiger partial charge on any atom is 0.0736 e. The average Bonchev–Trinajstić information content (AvgIpc) is 2.56. The van der Waals surface area contributed by atoms with E-state index in [1.54, 1.807) is 0 Å². The second-order valence-corrected chi connectivity index (χ2v) is 7.77. The second-order valence-electron chi connectivity index (χ2n) is 7.16. The highest BCUT2D eigenvalue weighted by Gasteiger charge is 2.43. The molecule has 0 aromatic heterocycles. The van der Waals surface area contributed by atoms with Crippen molar-refractivity contribution in [3.8, 4) is 0 Å². The lowest BCUT2D eigenvalue weighted by Gasteiger charge is -2.50. The summed E-state index contributed by atoms with van der Waals surface area (Å²) in [6, 6.07) is 0.554. The van der Waals surface area contributed by atoms with Crippen LogP contribution in [-0.4, -0.2) is 48.9 Å². The summed E-state index contributed by atoms with van der Waals surface area (Å²) >= 11 is 6.27. The zero-order valence-corrected chi connectivity index (χ0v) is 14.1. The van der Waals surface area contributed by atoms with Crippen LogP contribution in [-0.2, 0) is 0 Å². The number of piperidine rings is 1. The van der Waals surface area contributed by atoms with Crippen molar-refractivity contribution in [1.29, 1.82) is 0 Å². The molecule has 0 amide bonds. The predicted molar refractivity (Wildman–Crippen MR) is 89.6 cm³/mol. The molecule has 0 bridgehead atoms. The fourth-order valence-electron chi connectivity index (χ4n) is 4.55. The standard InChI is InChI=1S/C16H31ClN4O/c17-12-4-2-11(3-5-12)15-14-10-18-8-6-13(14)16(21-20-15)19-7-1-9-22/h11-16,18-22H,1-10H2. The molecular weight excluding hydrogens is 300 g/mol. The zero-order chi connectivity index (χ0) is 15.4. The van der Waals surface area contributed by atoms with Gasteiger partial charge in [-0.25, -0.2) is 5.43 Å². The number of hydrogen-bond acceptors (Lipinski definition) is 5. The Morgan fingerprint density at radius 1 is 1.05 bits per heavy atom. The van der Waals surface area contributed by atoms with E-state index in [0.29, 0.717) is 29.4 Å². The van der Waals surface area contributed by atoms with Gasteiger partial charge in [0.2, 0.25) is 0 Å². The van der Waals surface area contributed by atoms with E-state index in [4.69, 9.17) is 16.7 Å². The maximum atomic E-state index is 8.96. The molecule has 3 rings (SSSR count). The van der Waals surface area contributed by atoms with Crippen LogP contribution in [0, 0.1) is 17.8 Å². The van der Waals surface area contributed by atoms with Crippen molar-refractivity contribution in [3.63, 3.8) is 0 Å². The molecule has 3 fully saturated rings. The molecule has 2 aliphatic heterocycles. The summed E-state index contributed by atoms with van der Waals surface area (Å²) in [5.74, 6) is 2.09. The van der Waals surface area contributed by atoms with Crippen LogP contribution in [0.3, 0.4) is 0 Å². The first-order valence-electron chi connectivity index (χ1n) is 8.99. The summed E-state index contributed by atoms with van der Waals surface area (Å²) in [5, 5.41) is 16.5.